The molecule has 1 N–H and O–H groups in total. The Morgan fingerprint density at radius 3 is 2.08 bits per heavy atom. The van der Waals surface area contributed by atoms with Gasteiger partial charge in [-0.15, -0.1) is 0 Å². The third kappa shape index (κ3) is 5.91. The summed E-state index contributed by atoms with van der Waals surface area (Å²) in [6.45, 7) is 1.49. The third-order valence-electron chi connectivity index (χ3n) is 6.54. The maximum Gasteiger partial charge on any atom is 0.246 e. The Kier molecular flexibility index (Phi) is 8.39. The first-order chi connectivity index (χ1) is 17.7. The van der Waals surface area contributed by atoms with Crippen LogP contribution in [0.15, 0.2) is 52.3 Å². The lowest BCUT2D eigenvalue weighted by Gasteiger charge is -2.30. The molecule has 0 unspecified atom stereocenters. The van der Waals surface area contributed by atoms with E-state index < -0.39 is 26.0 Å². The molecule has 0 atom stereocenters. The molecule has 2 fully saturated rings. The zero-order chi connectivity index (χ0) is 26.6. The maximum atomic E-state index is 13.2. The number of sulfonamides is 2. The highest BCUT2D eigenvalue weighted by atomic mass is 32.2. The van der Waals surface area contributed by atoms with E-state index in [1.165, 1.54) is 47.1 Å². The first-order valence-corrected chi connectivity index (χ1v) is 14.8. The Bertz CT molecular complexity index is 1320. The minimum absolute atomic E-state index is 0.0323. The van der Waals surface area contributed by atoms with Crippen molar-refractivity contribution in [2.45, 2.75) is 22.6 Å². The first-order valence-electron chi connectivity index (χ1n) is 11.9. The molecule has 2 aliphatic heterocycles. The molecular formula is C24H31N3O8S2. The Morgan fingerprint density at radius 2 is 1.49 bits per heavy atom. The molecule has 0 spiro atoms. The van der Waals surface area contributed by atoms with Crippen LogP contribution in [-0.2, 0) is 29.6 Å². The smallest absolute Gasteiger partial charge is 0.246 e. The molecule has 0 aromatic heterocycles. The largest absolute Gasteiger partial charge is 0.497 e. The number of anilines is 1. The van der Waals surface area contributed by atoms with Crippen LogP contribution in [0, 0.1) is 5.92 Å². The molecule has 2 saturated heterocycles. The molecule has 37 heavy (non-hydrogen) atoms. The quantitative estimate of drug-likeness (QED) is 0.523. The van der Waals surface area contributed by atoms with Crippen LogP contribution in [0.2, 0.25) is 0 Å². The van der Waals surface area contributed by atoms with Crippen molar-refractivity contribution < 1.29 is 35.8 Å². The first kappa shape index (κ1) is 27.3. The Balaban J connectivity index is 1.42. The van der Waals surface area contributed by atoms with E-state index in [1.807, 2.05) is 0 Å². The maximum absolute atomic E-state index is 13.2. The average Bonchev–Trinajstić information content (AvgIpc) is 2.93. The lowest BCUT2D eigenvalue weighted by atomic mass is 9.97. The van der Waals surface area contributed by atoms with Crippen LogP contribution in [-0.4, -0.2) is 85.0 Å². The number of nitrogens with zero attached hydrogens (tertiary/aromatic N) is 2. The minimum atomic E-state index is -3.85. The van der Waals surface area contributed by atoms with Crippen LogP contribution in [0.5, 0.6) is 11.5 Å². The number of piperidine rings is 1. The zero-order valence-electron chi connectivity index (χ0n) is 20.8. The number of carbonyl (C=O) groups excluding carboxylic acids is 1. The van der Waals surface area contributed by atoms with Gasteiger partial charge in [0.05, 0.1) is 32.3 Å². The summed E-state index contributed by atoms with van der Waals surface area (Å²) in [6, 6.07) is 10.7. The van der Waals surface area contributed by atoms with Crippen LogP contribution in [0.25, 0.3) is 0 Å². The van der Waals surface area contributed by atoms with E-state index in [9.17, 15) is 21.6 Å². The Morgan fingerprint density at radius 1 is 0.865 bits per heavy atom. The molecule has 2 aromatic rings. The van der Waals surface area contributed by atoms with Crippen LogP contribution in [0.4, 0.5) is 5.69 Å². The van der Waals surface area contributed by atoms with Gasteiger partial charge in [0.15, 0.2) is 0 Å². The SMILES string of the molecule is COc1ccc(S(=O)(=O)N2CCC(C(=O)Nc3ccc(OC)c(S(=O)(=O)N4CCOCC4)c3)CC2)cc1. The van der Waals surface area contributed by atoms with Crippen LogP contribution >= 0.6 is 0 Å². The monoisotopic (exact) mass is 553 g/mol. The number of amides is 1. The van der Waals surface area contributed by atoms with Crippen LogP contribution < -0.4 is 14.8 Å². The molecule has 11 nitrogen and oxygen atoms in total. The third-order valence-corrected chi connectivity index (χ3v) is 10.4. The summed E-state index contributed by atoms with van der Waals surface area (Å²) in [6.07, 6.45) is 0.687. The predicted molar refractivity (Wildman–Crippen MR) is 136 cm³/mol. The fraction of sp³-hybridized carbons (Fsp3) is 0.458. The molecular weight excluding hydrogens is 522 g/mol. The Labute approximate surface area is 217 Å². The van der Waals surface area contributed by atoms with Gasteiger partial charge in [0.2, 0.25) is 26.0 Å². The summed E-state index contributed by atoms with van der Waals surface area (Å²) in [5, 5.41) is 2.79. The standard InChI is InChI=1S/C24H31N3O8S2/c1-33-20-4-6-21(7-5-20)36(29,30)26-11-9-18(10-12-26)24(28)25-19-3-8-22(34-2)23(17-19)37(31,32)27-13-15-35-16-14-27/h3-8,17-18H,9-16H2,1-2H3,(H,25,28). The second-order valence-electron chi connectivity index (χ2n) is 8.73. The number of methoxy groups -OCH3 is 2. The summed E-state index contributed by atoms with van der Waals surface area (Å²) in [7, 11) is -4.63. The summed E-state index contributed by atoms with van der Waals surface area (Å²) < 4.78 is 70.7. The molecule has 4 rings (SSSR count). The van der Waals surface area contributed by atoms with Crippen molar-refractivity contribution in [3.8, 4) is 11.5 Å². The highest BCUT2D eigenvalue weighted by Crippen LogP contribution is 2.31. The number of carbonyl (C=O) groups is 1. The van der Waals surface area contributed by atoms with E-state index in [4.69, 9.17) is 14.2 Å². The van der Waals surface area contributed by atoms with E-state index in [0.717, 1.165) is 0 Å². The average molecular weight is 554 g/mol. The van der Waals surface area contributed by atoms with E-state index in [-0.39, 0.29) is 47.6 Å². The fourth-order valence-electron chi connectivity index (χ4n) is 4.38. The van der Waals surface area contributed by atoms with Gasteiger partial charge in [-0.2, -0.15) is 8.61 Å². The normalized spacial score (nSPS) is 18.3. The second kappa shape index (κ2) is 11.4. The molecule has 0 bridgehead atoms. The van der Waals surface area contributed by atoms with Gasteiger partial charge in [0.1, 0.15) is 16.4 Å². The van der Waals surface area contributed by atoms with Gasteiger partial charge in [-0.3, -0.25) is 4.79 Å². The van der Waals surface area contributed by atoms with Gasteiger partial charge in [-0.25, -0.2) is 16.8 Å². The summed E-state index contributed by atoms with van der Waals surface area (Å²) in [5.41, 5.74) is 0.325. The van der Waals surface area contributed by atoms with Crippen LogP contribution in [0.1, 0.15) is 12.8 Å². The predicted octanol–water partition coefficient (Wildman–Crippen LogP) is 1.76. The van der Waals surface area contributed by atoms with Crippen molar-refractivity contribution in [3.05, 3.63) is 42.5 Å². The van der Waals surface area contributed by atoms with E-state index >= 15 is 0 Å². The summed E-state index contributed by atoms with van der Waals surface area (Å²) in [4.78, 5) is 13.1. The van der Waals surface area contributed by atoms with Crippen molar-refractivity contribution >= 4 is 31.6 Å². The number of hydrogen-bond donors (Lipinski definition) is 1. The number of morpholine rings is 1. The van der Waals surface area contributed by atoms with E-state index in [2.05, 4.69) is 5.32 Å². The minimum Gasteiger partial charge on any atom is -0.497 e. The lowest BCUT2D eigenvalue weighted by molar-refractivity contribution is -0.120. The van der Waals surface area contributed by atoms with Gasteiger partial charge in [0, 0.05) is 37.8 Å². The number of ether oxygens (including phenoxy) is 3. The van der Waals surface area contributed by atoms with E-state index in [1.54, 1.807) is 18.2 Å². The fourth-order valence-corrected chi connectivity index (χ4v) is 7.44. The molecule has 0 radical (unpaired) electrons. The summed E-state index contributed by atoms with van der Waals surface area (Å²) >= 11 is 0. The van der Waals surface area contributed by atoms with Gasteiger partial charge in [0.25, 0.3) is 0 Å². The zero-order valence-corrected chi connectivity index (χ0v) is 22.4. The molecule has 2 aliphatic rings. The van der Waals surface area contributed by atoms with Crippen molar-refractivity contribution in [1.82, 2.24) is 8.61 Å². The summed E-state index contributed by atoms with van der Waals surface area (Å²) in [5.74, 6) is 0.0420. The van der Waals surface area contributed by atoms with Gasteiger partial charge < -0.3 is 19.5 Å². The highest BCUT2D eigenvalue weighted by Gasteiger charge is 2.33. The van der Waals surface area contributed by atoms with Gasteiger partial charge in [-0.1, -0.05) is 0 Å². The molecule has 1 amide bonds. The van der Waals surface area contributed by atoms with Crippen molar-refractivity contribution in [3.63, 3.8) is 0 Å². The van der Waals surface area contributed by atoms with E-state index in [0.29, 0.717) is 37.5 Å². The molecule has 2 heterocycles. The van der Waals surface area contributed by atoms with Gasteiger partial charge >= 0.3 is 0 Å². The lowest BCUT2D eigenvalue weighted by Crippen LogP contribution is -2.41. The number of nitrogens with one attached hydrogen (secondary N) is 1. The van der Waals surface area contributed by atoms with Crippen molar-refractivity contribution in [2.24, 2.45) is 5.92 Å². The number of hydrogen-bond acceptors (Lipinski definition) is 8. The molecule has 13 heteroatoms. The van der Waals surface area contributed by atoms with Gasteiger partial charge in [-0.05, 0) is 55.3 Å². The topological polar surface area (TPSA) is 132 Å². The molecule has 202 valence electrons. The molecule has 2 aromatic carbocycles. The second-order valence-corrected chi connectivity index (χ2v) is 12.6. The highest BCUT2D eigenvalue weighted by molar-refractivity contribution is 7.89. The molecule has 0 saturated carbocycles. The molecule has 0 aliphatic carbocycles. The van der Waals surface area contributed by atoms with Crippen molar-refractivity contribution in [2.75, 3.05) is 58.9 Å². The van der Waals surface area contributed by atoms with Crippen molar-refractivity contribution in [1.29, 1.82) is 0 Å². The van der Waals surface area contributed by atoms with Crippen LogP contribution in [0.3, 0.4) is 0 Å². The number of benzene rings is 2. The Hall–Kier alpha value is -2.71. The number of rotatable bonds is 8.